The molecule has 8 heteroatoms. The van der Waals surface area contributed by atoms with Gasteiger partial charge in [-0.3, -0.25) is 9.10 Å². The Morgan fingerprint density at radius 2 is 1.77 bits per heavy atom. The van der Waals surface area contributed by atoms with Crippen LogP contribution in [0.5, 0.6) is 5.75 Å². The maximum Gasteiger partial charge on any atom is 0.245 e. The summed E-state index contributed by atoms with van der Waals surface area (Å²) in [6.07, 6.45) is 1.07. The molecule has 0 aliphatic carbocycles. The molecule has 0 saturated carbocycles. The minimum absolute atomic E-state index is 0.186. The van der Waals surface area contributed by atoms with E-state index in [0.29, 0.717) is 17.1 Å². The zero-order valence-electron chi connectivity index (χ0n) is 17.2. The Bertz CT molecular complexity index is 1180. The molecule has 0 aromatic heterocycles. The fraction of sp³-hybridized carbons (Fsp3) is 0.174. The molecular weight excluding hydrogens is 419 g/mol. The van der Waals surface area contributed by atoms with Gasteiger partial charge in [0.15, 0.2) is 0 Å². The highest BCUT2D eigenvalue weighted by atomic mass is 32.2. The van der Waals surface area contributed by atoms with Crippen LogP contribution in [0.2, 0.25) is 0 Å². The number of para-hydroxylation sites is 1. The average Bonchev–Trinajstić information content (AvgIpc) is 2.71. The number of halogens is 1. The Hall–Kier alpha value is -3.39. The molecule has 3 aromatic carbocycles. The average molecular weight is 443 g/mol. The van der Waals surface area contributed by atoms with Crippen LogP contribution in [0.25, 0.3) is 0 Å². The highest BCUT2D eigenvalue weighted by molar-refractivity contribution is 7.92. The highest BCUT2D eigenvalue weighted by Crippen LogP contribution is 2.22. The van der Waals surface area contributed by atoms with Gasteiger partial charge in [-0.15, -0.1) is 0 Å². The fourth-order valence-electron chi connectivity index (χ4n) is 3.02. The number of carbonyl (C=O) groups is 1. The molecule has 162 valence electrons. The highest BCUT2D eigenvalue weighted by Gasteiger charge is 2.22. The molecule has 0 aliphatic rings. The molecule has 0 unspecified atom stereocenters. The van der Waals surface area contributed by atoms with Crippen LogP contribution >= 0.6 is 0 Å². The predicted molar refractivity (Wildman–Crippen MR) is 119 cm³/mol. The number of carbonyl (C=O) groups excluding carboxylic acids is 1. The smallest absolute Gasteiger partial charge is 0.245 e. The van der Waals surface area contributed by atoms with Crippen molar-refractivity contribution in [3.05, 3.63) is 89.7 Å². The number of anilines is 2. The van der Waals surface area contributed by atoms with E-state index in [9.17, 15) is 17.6 Å². The normalized spacial score (nSPS) is 11.1. The second kappa shape index (κ2) is 9.61. The van der Waals surface area contributed by atoms with Gasteiger partial charge in [0.2, 0.25) is 15.9 Å². The molecule has 0 bridgehead atoms. The van der Waals surface area contributed by atoms with Gasteiger partial charge in [0.25, 0.3) is 0 Å². The molecular formula is C23H23FN2O4S. The quantitative estimate of drug-likeness (QED) is 0.570. The number of amides is 1. The van der Waals surface area contributed by atoms with Crippen LogP contribution in [0, 0.1) is 12.7 Å². The minimum Gasteiger partial charge on any atom is -0.489 e. The first-order valence-electron chi connectivity index (χ1n) is 9.53. The van der Waals surface area contributed by atoms with Gasteiger partial charge in [-0.2, -0.15) is 0 Å². The number of nitrogens with one attached hydrogen (secondary N) is 1. The molecule has 1 N–H and O–H groups in total. The van der Waals surface area contributed by atoms with Crippen LogP contribution in [-0.4, -0.2) is 27.1 Å². The lowest BCUT2D eigenvalue weighted by molar-refractivity contribution is -0.114. The van der Waals surface area contributed by atoms with Crippen LogP contribution in [0.4, 0.5) is 15.8 Å². The topological polar surface area (TPSA) is 75.7 Å². The molecule has 3 aromatic rings. The van der Waals surface area contributed by atoms with Gasteiger partial charge >= 0.3 is 0 Å². The second-order valence-corrected chi connectivity index (χ2v) is 8.96. The van der Waals surface area contributed by atoms with E-state index >= 15 is 0 Å². The zero-order valence-corrected chi connectivity index (χ0v) is 18.0. The standard InChI is InChI=1S/C23H23FN2O4S/c1-17-7-3-4-12-22(17)26(31(2,28)29)15-23(27)25-20-10-5-8-18(13-20)16-30-21-11-6-9-19(24)14-21/h3-14H,15-16H2,1-2H3,(H,25,27). The molecule has 0 aliphatic heterocycles. The largest absolute Gasteiger partial charge is 0.489 e. The number of hydrogen-bond acceptors (Lipinski definition) is 4. The molecule has 0 radical (unpaired) electrons. The van der Waals surface area contributed by atoms with Gasteiger partial charge in [-0.1, -0.05) is 36.4 Å². The van der Waals surface area contributed by atoms with Gasteiger partial charge < -0.3 is 10.1 Å². The zero-order chi connectivity index (χ0) is 22.4. The molecule has 0 saturated heterocycles. The maximum atomic E-state index is 13.3. The van der Waals surface area contributed by atoms with Crippen molar-refractivity contribution in [3.8, 4) is 5.75 Å². The van der Waals surface area contributed by atoms with Crippen LogP contribution in [0.15, 0.2) is 72.8 Å². The summed E-state index contributed by atoms with van der Waals surface area (Å²) < 4.78 is 44.5. The summed E-state index contributed by atoms with van der Waals surface area (Å²) in [7, 11) is -3.66. The second-order valence-electron chi connectivity index (χ2n) is 7.05. The SMILES string of the molecule is Cc1ccccc1N(CC(=O)Nc1cccc(COc2cccc(F)c2)c1)S(C)(=O)=O. The van der Waals surface area contributed by atoms with E-state index in [4.69, 9.17) is 4.74 Å². The first-order chi connectivity index (χ1) is 14.7. The van der Waals surface area contributed by atoms with E-state index in [-0.39, 0.29) is 19.0 Å². The van der Waals surface area contributed by atoms with E-state index in [1.165, 1.54) is 12.1 Å². The predicted octanol–water partition coefficient (Wildman–Crippen LogP) is 4.12. The monoisotopic (exact) mass is 442 g/mol. The van der Waals surface area contributed by atoms with Crippen LogP contribution < -0.4 is 14.4 Å². The van der Waals surface area contributed by atoms with Crippen LogP contribution in [0.1, 0.15) is 11.1 Å². The number of nitrogens with zero attached hydrogens (tertiary/aromatic N) is 1. The van der Waals surface area contributed by atoms with Gasteiger partial charge in [0, 0.05) is 11.8 Å². The summed E-state index contributed by atoms with van der Waals surface area (Å²) in [6.45, 7) is 1.62. The summed E-state index contributed by atoms with van der Waals surface area (Å²) >= 11 is 0. The minimum atomic E-state index is -3.66. The third kappa shape index (κ3) is 6.29. The number of hydrogen-bond donors (Lipinski definition) is 1. The van der Waals surface area contributed by atoms with E-state index < -0.39 is 15.9 Å². The molecule has 1 amide bonds. The van der Waals surface area contributed by atoms with Gasteiger partial charge in [-0.05, 0) is 48.4 Å². The van der Waals surface area contributed by atoms with E-state index in [2.05, 4.69) is 5.32 Å². The lowest BCUT2D eigenvalue weighted by atomic mass is 10.2. The molecule has 31 heavy (non-hydrogen) atoms. The maximum absolute atomic E-state index is 13.3. The fourth-order valence-corrected chi connectivity index (χ4v) is 3.93. The molecule has 0 spiro atoms. The van der Waals surface area contributed by atoms with Crippen molar-refractivity contribution in [1.82, 2.24) is 0 Å². The van der Waals surface area contributed by atoms with E-state index in [1.54, 1.807) is 61.5 Å². The van der Waals surface area contributed by atoms with Gasteiger partial charge in [0.1, 0.15) is 24.7 Å². The third-order valence-corrected chi connectivity index (χ3v) is 5.61. The Labute approximate surface area is 181 Å². The summed E-state index contributed by atoms with van der Waals surface area (Å²) in [5.41, 5.74) is 2.47. The Kier molecular flexibility index (Phi) is 6.91. The lowest BCUT2D eigenvalue weighted by Gasteiger charge is -2.23. The number of sulfonamides is 1. The molecule has 0 heterocycles. The first kappa shape index (κ1) is 22.3. The Balaban J connectivity index is 1.68. The van der Waals surface area contributed by atoms with E-state index in [0.717, 1.165) is 21.7 Å². The van der Waals surface area contributed by atoms with Crippen molar-refractivity contribution in [3.63, 3.8) is 0 Å². The third-order valence-electron chi connectivity index (χ3n) is 4.48. The summed E-state index contributed by atoms with van der Waals surface area (Å²) in [4.78, 5) is 12.6. The van der Waals surface area contributed by atoms with Crippen molar-refractivity contribution in [2.75, 3.05) is 22.4 Å². The number of ether oxygens (including phenoxy) is 1. The van der Waals surface area contributed by atoms with Gasteiger partial charge in [0.05, 0.1) is 11.9 Å². The summed E-state index contributed by atoms with van der Waals surface area (Å²) in [5.74, 6) is -0.462. The van der Waals surface area contributed by atoms with Gasteiger partial charge in [-0.25, -0.2) is 12.8 Å². The number of aryl methyl sites for hydroxylation is 1. The molecule has 6 nitrogen and oxygen atoms in total. The molecule has 0 atom stereocenters. The number of rotatable bonds is 8. The van der Waals surface area contributed by atoms with E-state index in [1.807, 2.05) is 6.07 Å². The Morgan fingerprint density at radius 3 is 2.48 bits per heavy atom. The van der Waals surface area contributed by atoms with Crippen LogP contribution in [0.3, 0.4) is 0 Å². The first-order valence-corrected chi connectivity index (χ1v) is 11.4. The van der Waals surface area contributed by atoms with Crippen molar-refractivity contribution in [2.45, 2.75) is 13.5 Å². The van der Waals surface area contributed by atoms with Crippen LogP contribution in [-0.2, 0) is 21.4 Å². The number of benzene rings is 3. The summed E-state index contributed by atoms with van der Waals surface area (Å²) in [5, 5.41) is 2.72. The molecule has 3 rings (SSSR count). The summed E-state index contributed by atoms with van der Waals surface area (Å²) in [6, 6.07) is 19.8. The van der Waals surface area contributed by atoms with Crippen molar-refractivity contribution in [1.29, 1.82) is 0 Å². The Morgan fingerprint density at radius 1 is 1.03 bits per heavy atom. The van der Waals surface area contributed by atoms with Crippen molar-refractivity contribution >= 4 is 27.3 Å². The lowest BCUT2D eigenvalue weighted by Crippen LogP contribution is -2.37. The molecule has 0 fully saturated rings. The van der Waals surface area contributed by atoms with Crippen molar-refractivity contribution < 1.29 is 22.3 Å². The van der Waals surface area contributed by atoms with Crippen molar-refractivity contribution in [2.24, 2.45) is 0 Å².